The first kappa shape index (κ1) is 41.8. The van der Waals surface area contributed by atoms with Crippen LogP contribution in [0.4, 0.5) is 37.7 Å². The molecule has 4 N–H and O–H groups in total. The van der Waals surface area contributed by atoms with Crippen molar-refractivity contribution in [3.63, 3.8) is 0 Å². The van der Waals surface area contributed by atoms with Crippen LogP contribution in [-0.2, 0) is 45.7 Å². The molecule has 0 saturated heterocycles. The van der Waals surface area contributed by atoms with Crippen LogP contribution in [-0.4, -0.2) is 48.6 Å². The molecule has 0 spiro atoms. The van der Waals surface area contributed by atoms with Crippen LogP contribution < -0.4 is 20.1 Å². The molecule has 4 rings (SSSR count). The number of aromatic nitrogens is 2. The molecule has 11 nitrogen and oxygen atoms in total. The van der Waals surface area contributed by atoms with E-state index >= 15 is 0 Å². The van der Waals surface area contributed by atoms with Crippen LogP contribution in [0.3, 0.4) is 0 Å². The van der Waals surface area contributed by atoms with Gasteiger partial charge in [-0.3, -0.25) is 14.0 Å². The summed E-state index contributed by atoms with van der Waals surface area (Å²) in [6.07, 6.45) is -3.99. The minimum Gasteiger partial charge on any atom is -0.358 e. The average Bonchev–Trinajstić information content (AvgIpc) is 3.46. The Kier molecular flexibility index (Phi) is 12.5. The molecule has 21 heteroatoms. The van der Waals surface area contributed by atoms with E-state index in [0.717, 1.165) is 24.3 Å². The lowest BCUT2D eigenvalue weighted by Gasteiger charge is -2.22. The number of nitrogens with two attached hydrogens (primary N) is 1. The van der Waals surface area contributed by atoms with Crippen LogP contribution >= 0.6 is 23.2 Å². The summed E-state index contributed by atoms with van der Waals surface area (Å²) in [7, 11) is -8.80. The fraction of sp³-hybridized carbons (Fsp3) is 0.344. The average molecular weight is 832 g/mol. The van der Waals surface area contributed by atoms with Crippen molar-refractivity contribution in [1.82, 2.24) is 4.57 Å². The molecule has 53 heavy (non-hydrogen) atoms. The highest BCUT2D eigenvalue weighted by Gasteiger charge is 2.39. The van der Waals surface area contributed by atoms with Gasteiger partial charge in [-0.1, -0.05) is 41.4 Å². The van der Waals surface area contributed by atoms with Crippen LogP contribution in [0.5, 0.6) is 0 Å². The number of fused-ring (bicyclic) bond motifs is 2. The number of allylic oxidation sites excluding steroid dienone is 5. The predicted octanol–water partition coefficient (Wildman–Crippen LogP) is 6.85. The zero-order valence-electron chi connectivity index (χ0n) is 27.8. The van der Waals surface area contributed by atoms with Crippen LogP contribution in [0.2, 0.25) is 10.0 Å². The highest BCUT2D eigenvalue weighted by molar-refractivity contribution is 7.86. The van der Waals surface area contributed by atoms with E-state index in [1.54, 1.807) is 24.5 Å². The molecule has 2 heterocycles. The Hall–Kier alpha value is -3.93. The molecular weight excluding hydrogens is 799 g/mol. The summed E-state index contributed by atoms with van der Waals surface area (Å²) in [5, 5.41) is -1.18. The standard InChI is InChI=1S/C32H31Cl2F6N5O6S2/c1-3-42-27-18-23(33)22(32(38,39)40)17-26(27)45(12-7-15-53(49,50)51)30(42)20(2)8-4-5-9-29-43(11-6-14-52(46,47)48)25-16-21(31(35,36)37)24(34)19-28(25)44(29)13-10-41/h4-5,8-9,16-19H,3,6-7,11-12,14-15,41H2,1-2H3,(H-,46,47,48,49,50,51)/p+1. The lowest BCUT2D eigenvalue weighted by atomic mass is 10.1. The van der Waals surface area contributed by atoms with Gasteiger partial charge in [-0.15, -0.1) is 0 Å². The summed E-state index contributed by atoms with van der Waals surface area (Å²) in [4.78, 5) is 2.59. The highest BCUT2D eigenvalue weighted by Crippen LogP contribution is 2.47. The van der Waals surface area contributed by atoms with Gasteiger partial charge >= 0.3 is 12.4 Å². The number of aryl methyl sites for hydroxylation is 2. The summed E-state index contributed by atoms with van der Waals surface area (Å²) in [5.41, 5.74) is 4.20. The smallest absolute Gasteiger partial charge is 0.358 e. The van der Waals surface area contributed by atoms with Crippen molar-refractivity contribution in [1.29, 1.82) is 0 Å². The number of hydrogen-bond donors (Lipinski definition) is 3. The molecule has 0 atom stereocenters. The zero-order chi connectivity index (χ0) is 39.7. The molecule has 0 fully saturated rings. The Morgan fingerprint density at radius 3 is 2.06 bits per heavy atom. The third-order valence-electron chi connectivity index (χ3n) is 7.99. The number of anilines is 2. The van der Waals surface area contributed by atoms with E-state index in [0.29, 0.717) is 16.9 Å². The number of imidazole rings is 1. The summed E-state index contributed by atoms with van der Waals surface area (Å²) in [5.74, 6) is -0.828. The van der Waals surface area contributed by atoms with Gasteiger partial charge in [-0.25, -0.2) is 9.13 Å². The Bertz CT molecular complexity index is 2290. The van der Waals surface area contributed by atoms with Crippen LogP contribution in [0, 0.1) is 12.1 Å². The van der Waals surface area contributed by atoms with Crippen LogP contribution in [0.1, 0.15) is 43.6 Å². The van der Waals surface area contributed by atoms with Gasteiger partial charge in [0, 0.05) is 42.8 Å². The molecule has 0 bridgehead atoms. The van der Waals surface area contributed by atoms with Crippen LogP contribution in [0.25, 0.3) is 16.6 Å². The largest absolute Gasteiger partial charge is 0.418 e. The van der Waals surface area contributed by atoms with Crippen molar-refractivity contribution in [3.05, 3.63) is 81.4 Å². The van der Waals surface area contributed by atoms with E-state index in [1.807, 2.05) is 0 Å². The number of rotatable bonds is 12. The van der Waals surface area contributed by atoms with Crippen molar-refractivity contribution >= 4 is 71.4 Å². The molecule has 288 valence electrons. The van der Waals surface area contributed by atoms with Gasteiger partial charge in [-0.2, -0.15) is 43.2 Å². The van der Waals surface area contributed by atoms with E-state index in [4.69, 9.17) is 28.9 Å². The van der Waals surface area contributed by atoms with Crippen LogP contribution in [0.15, 0.2) is 54.4 Å². The van der Waals surface area contributed by atoms with Crippen molar-refractivity contribution in [2.45, 2.75) is 52.1 Å². The Morgan fingerprint density at radius 1 is 0.906 bits per heavy atom. The van der Waals surface area contributed by atoms with Gasteiger partial charge in [0.15, 0.2) is 11.0 Å². The van der Waals surface area contributed by atoms with Gasteiger partial charge in [-0.05, 0) is 38.5 Å². The van der Waals surface area contributed by atoms with E-state index in [2.05, 4.69) is 12.1 Å². The molecule has 1 aromatic heterocycles. The summed E-state index contributed by atoms with van der Waals surface area (Å²) in [6, 6.07) is 8.61. The maximum absolute atomic E-state index is 13.8. The topological polar surface area (TPSA) is 150 Å². The van der Waals surface area contributed by atoms with Crippen molar-refractivity contribution in [2.24, 2.45) is 5.73 Å². The second-order valence-electron chi connectivity index (χ2n) is 11.6. The first-order chi connectivity index (χ1) is 24.5. The number of nitrogens with zero attached hydrogens (tertiary/aromatic N) is 4. The lowest BCUT2D eigenvalue weighted by molar-refractivity contribution is -0.674. The molecule has 0 amide bonds. The van der Waals surface area contributed by atoms with E-state index in [9.17, 15) is 52.3 Å². The highest BCUT2D eigenvalue weighted by atomic mass is 35.5. The zero-order valence-corrected chi connectivity index (χ0v) is 30.9. The summed E-state index contributed by atoms with van der Waals surface area (Å²) >= 11 is 12.0. The number of benzene rings is 2. The lowest BCUT2D eigenvalue weighted by Crippen LogP contribution is -2.38. The molecule has 0 saturated carbocycles. The molecule has 2 aromatic carbocycles. The van der Waals surface area contributed by atoms with E-state index in [1.165, 1.54) is 32.6 Å². The maximum Gasteiger partial charge on any atom is 0.418 e. The predicted molar refractivity (Wildman–Crippen MR) is 189 cm³/mol. The van der Waals surface area contributed by atoms with Crippen molar-refractivity contribution < 1.29 is 56.9 Å². The molecule has 0 aliphatic carbocycles. The SMILES string of the molecule is CCn1c(/C(C)=C/C=C/C=C2\N(C#CN)c3cc(Cl)c(C(F)(F)F)cc3N2CCCS(=O)(=O)O)[n+](CCCS(=O)(=O)O)c2cc(C(F)(F)F)c(Cl)cc21. The number of hydrogen-bond acceptors (Lipinski definition) is 7. The molecule has 0 radical (unpaired) electrons. The second-order valence-corrected chi connectivity index (χ2v) is 15.6. The fourth-order valence-electron chi connectivity index (χ4n) is 5.89. The van der Waals surface area contributed by atoms with E-state index in [-0.39, 0.29) is 55.2 Å². The Balaban J connectivity index is 1.84. The molecule has 3 aromatic rings. The van der Waals surface area contributed by atoms with Gasteiger partial charge in [0.1, 0.15) is 5.82 Å². The van der Waals surface area contributed by atoms with Gasteiger partial charge in [0.2, 0.25) is 0 Å². The minimum atomic E-state index is -4.84. The third-order valence-corrected chi connectivity index (χ3v) is 10.2. The van der Waals surface area contributed by atoms with Gasteiger partial charge in [0.05, 0.1) is 57.1 Å². The first-order valence-corrected chi connectivity index (χ1v) is 19.4. The number of alkyl halides is 6. The maximum atomic E-state index is 13.8. The quantitative estimate of drug-likeness (QED) is 0.0445. The normalized spacial score (nSPS) is 15.2. The van der Waals surface area contributed by atoms with Gasteiger partial charge < -0.3 is 10.6 Å². The Morgan fingerprint density at radius 2 is 1.49 bits per heavy atom. The minimum absolute atomic E-state index is 0.0264. The molecule has 1 aliphatic rings. The third kappa shape index (κ3) is 9.79. The Labute approximate surface area is 311 Å². The summed E-state index contributed by atoms with van der Waals surface area (Å²) in [6.45, 7) is 3.34. The molecule has 1 aliphatic heterocycles. The monoisotopic (exact) mass is 830 g/mol. The number of halogens is 8. The molecule has 0 unspecified atom stereocenters. The molecular formula is C32H32Cl2F6N5O6S2+. The first-order valence-electron chi connectivity index (χ1n) is 15.5. The van der Waals surface area contributed by atoms with E-state index < -0.39 is 65.3 Å². The van der Waals surface area contributed by atoms with Crippen molar-refractivity contribution in [3.8, 4) is 12.1 Å². The van der Waals surface area contributed by atoms with Crippen molar-refractivity contribution in [2.75, 3.05) is 27.9 Å². The second kappa shape index (κ2) is 15.8. The fourth-order valence-corrected chi connectivity index (χ4v) is 7.40. The van der Waals surface area contributed by atoms with Gasteiger partial charge in [0.25, 0.3) is 26.1 Å². The summed E-state index contributed by atoms with van der Waals surface area (Å²) < 4.78 is 150.